The molecule has 156 valence electrons. The van der Waals surface area contributed by atoms with Crippen molar-refractivity contribution in [3.05, 3.63) is 83.4 Å². The highest BCUT2D eigenvalue weighted by atomic mass is 16.5. The SMILES string of the molecule is COc1ccc(/C=C(\C#N)C(=O)OCC(=O)N[C@@H](C)c2cccc3ccccc23)cc1. The van der Waals surface area contributed by atoms with Gasteiger partial charge in [0, 0.05) is 0 Å². The lowest BCUT2D eigenvalue weighted by atomic mass is 10.00. The zero-order valence-corrected chi connectivity index (χ0v) is 17.3. The van der Waals surface area contributed by atoms with Crippen molar-refractivity contribution in [2.45, 2.75) is 13.0 Å². The average Bonchev–Trinajstić information content (AvgIpc) is 2.80. The van der Waals surface area contributed by atoms with Crippen LogP contribution in [0.25, 0.3) is 16.8 Å². The molecule has 0 spiro atoms. The van der Waals surface area contributed by atoms with Gasteiger partial charge in [-0.05, 0) is 47.0 Å². The van der Waals surface area contributed by atoms with Crippen LogP contribution < -0.4 is 10.1 Å². The van der Waals surface area contributed by atoms with Crippen LogP contribution in [0.4, 0.5) is 0 Å². The number of carbonyl (C=O) groups is 2. The summed E-state index contributed by atoms with van der Waals surface area (Å²) in [4.78, 5) is 24.5. The topological polar surface area (TPSA) is 88.4 Å². The van der Waals surface area contributed by atoms with E-state index in [9.17, 15) is 14.9 Å². The highest BCUT2D eigenvalue weighted by Gasteiger charge is 2.16. The molecule has 6 heteroatoms. The Morgan fingerprint density at radius 2 is 1.77 bits per heavy atom. The maximum Gasteiger partial charge on any atom is 0.349 e. The highest BCUT2D eigenvalue weighted by molar-refractivity contribution is 5.99. The molecule has 0 radical (unpaired) electrons. The van der Waals surface area contributed by atoms with Crippen LogP contribution >= 0.6 is 0 Å². The van der Waals surface area contributed by atoms with Crippen LogP contribution in [0.15, 0.2) is 72.3 Å². The zero-order valence-electron chi connectivity index (χ0n) is 17.3. The van der Waals surface area contributed by atoms with E-state index in [2.05, 4.69) is 5.32 Å². The largest absolute Gasteiger partial charge is 0.497 e. The van der Waals surface area contributed by atoms with Crippen molar-refractivity contribution < 1.29 is 19.1 Å². The predicted molar refractivity (Wildman–Crippen MR) is 118 cm³/mol. The third-order valence-corrected chi connectivity index (χ3v) is 4.77. The van der Waals surface area contributed by atoms with Crippen LogP contribution in [0, 0.1) is 11.3 Å². The molecule has 0 aliphatic rings. The Hall–Kier alpha value is -4.11. The van der Waals surface area contributed by atoms with Gasteiger partial charge in [-0.2, -0.15) is 5.26 Å². The number of rotatable bonds is 7. The molecule has 3 rings (SSSR count). The van der Waals surface area contributed by atoms with E-state index in [4.69, 9.17) is 9.47 Å². The third kappa shape index (κ3) is 5.49. The molecule has 0 aliphatic heterocycles. The van der Waals surface area contributed by atoms with Crippen molar-refractivity contribution in [3.63, 3.8) is 0 Å². The number of nitrogens with zero attached hydrogens (tertiary/aromatic N) is 1. The van der Waals surface area contributed by atoms with Crippen LogP contribution in [0.1, 0.15) is 24.1 Å². The first-order valence-electron chi connectivity index (χ1n) is 9.72. The van der Waals surface area contributed by atoms with Gasteiger partial charge in [0.25, 0.3) is 5.91 Å². The van der Waals surface area contributed by atoms with Crippen molar-refractivity contribution in [1.29, 1.82) is 5.26 Å². The molecule has 0 unspecified atom stereocenters. The Bertz CT molecular complexity index is 1150. The van der Waals surface area contributed by atoms with Crippen LogP contribution in [0.3, 0.4) is 0 Å². The molecule has 1 amide bonds. The summed E-state index contributed by atoms with van der Waals surface area (Å²) in [5.74, 6) is -0.642. The fourth-order valence-electron chi connectivity index (χ4n) is 3.20. The third-order valence-electron chi connectivity index (χ3n) is 4.77. The van der Waals surface area contributed by atoms with Crippen molar-refractivity contribution >= 4 is 28.7 Å². The molecule has 0 aliphatic carbocycles. The van der Waals surface area contributed by atoms with Gasteiger partial charge in [0.1, 0.15) is 17.4 Å². The minimum absolute atomic E-state index is 0.194. The summed E-state index contributed by atoms with van der Waals surface area (Å²) in [6, 6.07) is 22.2. The fraction of sp³-hybridized carbons (Fsp3) is 0.160. The van der Waals surface area contributed by atoms with Crippen molar-refractivity contribution in [2.75, 3.05) is 13.7 Å². The molecule has 31 heavy (non-hydrogen) atoms. The molecule has 0 bridgehead atoms. The maximum absolute atomic E-state index is 12.3. The number of hydrogen-bond donors (Lipinski definition) is 1. The number of hydrogen-bond acceptors (Lipinski definition) is 5. The Balaban J connectivity index is 1.60. The van der Waals surface area contributed by atoms with E-state index in [1.54, 1.807) is 31.4 Å². The summed E-state index contributed by atoms with van der Waals surface area (Å²) in [5, 5.41) is 14.2. The van der Waals surface area contributed by atoms with Gasteiger partial charge >= 0.3 is 5.97 Å². The number of ether oxygens (including phenoxy) is 2. The van der Waals surface area contributed by atoms with E-state index in [0.717, 1.165) is 16.3 Å². The second-order valence-electron chi connectivity index (χ2n) is 6.88. The Labute approximate surface area is 180 Å². The van der Waals surface area contributed by atoms with Crippen molar-refractivity contribution in [2.24, 2.45) is 0 Å². The standard InChI is InChI=1S/C25H22N2O4/c1-17(22-9-5-7-19-6-3-4-8-23(19)22)27-24(28)16-31-25(29)20(15-26)14-18-10-12-21(30-2)13-11-18/h3-14,17H,16H2,1-2H3,(H,27,28)/b20-14+/t17-/m0/s1. The van der Waals surface area contributed by atoms with Crippen molar-refractivity contribution in [3.8, 4) is 11.8 Å². The number of amides is 1. The molecular weight excluding hydrogens is 392 g/mol. The molecular formula is C25H22N2O4. The number of nitriles is 1. The quantitative estimate of drug-likeness (QED) is 0.356. The molecule has 0 fully saturated rings. The van der Waals surface area contributed by atoms with Gasteiger partial charge in [-0.15, -0.1) is 0 Å². The van der Waals surface area contributed by atoms with E-state index in [1.165, 1.54) is 6.08 Å². The Morgan fingerprint density at radius 3 is 2.48 bits per heavy atom. The summed E-state index contributed by atoms with van der Waals surface area (Å²) in [7, 11) is 1.55. The summed E-state index contributed by atoms with van der Waals surface area (Å²) in [5.41, 5.74) is 1.42. The average molecular weight is 414 g/mol. The first kappa shape index (κ1) is 21.6. The zero-order chi connectivity index (χ0) is 22.2. The predicted octanol–water partition coefficient (Wildman–Crippen LogP) is 4.18. The smallest absolute Gasteiger partial charge is 0.349 e. The molecule has 0 heterocycles. The lowest BCUT2D eigenvalue weighted by Crippen LogP contribution is -2.31. The van der Waals surface area contributed by atoms with Crippen LogP contribution in [0.2, 0.25) is 0 Å². The second-order valence-corrected chi connectivity index (χ2v) is 6.88. The first-order valence-corrected chi connectivity index (χ1v) is 9.72. The first-order chi connectivity index (χ1) is 15.0. The number of methoxy groups -OCH3 is 1. The summed E-state index contributed by atoms with van der Waals surface area (Å²) in [6.07, 6.45) is 1.40. The van der Waals surface area contributed by atoms with Crippen LogP contribution in [0.5, 0.6) is 5.75 Å². The van der Waals surface area contributed by atoms with E-state index in [-0.39, 0.29) is 11.6 Å². The van der Waals surface area contributed by atoms with Gasteiger partial charge in [0.05, 0.1) is 13.2 Å². The van der Waals surface area contributed by atoms with Crippen molar-refractivity contribution in [1.82, 2.24) is 5.32 Å². The van der Waals surface area contributed by atoms with Gasteiger partial charge in [0.15, 0.2) is 6.61 Å². The minimum Gasteiger partial charge on any atom is -0.497 e. The normalized spacial score (nSPS) is 12.0. The maximum atomic E-state index is 12.3. The second kappa shape index (κ2) is 10.1. The van der Waals surface area contributed by atoms with E-state index < -0.39 is 18.5 Å². The molecule has 3 aromatic rings. The lowest BCUT2D eigenvalue weighted by molar-refractivity contribution is -0.144. The lowest BCUT2D eigenvalue weighted by Gasteiger charge is -2.16. The number of benzene rings is 3. The van der Waals surface area contributed by atoms with Gasteiger partial charge in [-0.3, -0.25) is 4.79 Å². The molecule has 6 nitrogen and oxygen atoms in total. The van der Waals surface area contributed by atoms with Gasteiger partial charge in [-0.1, -0.05) is 54.6 Å². The Morgan fingerprint density at radius 1 is 1.06 bits per heavy atom. The molecule has 1 atom stereocenters. The molecule has 1 N–H and O–H groups in total. The number of carbonyl (C=O) groups excluding carboxylic acids is 2. The monoisotopic (exact) mass is 414 g/mol. The van der Waals surface area contributed by atoms with E-state index >= 15 is 0 Å². The molecule has 0 aromatic heterocycles. The minimum atomic E-state index is -0.855. The summed E-state index contributed by atoms with van der Waals surface area (Å²) in [6.45, 7) is 1.39. The number of fused-ring (bicyclic) bond motifs is 1. The van der Waals surface area contributed by atoms with Crippen LogP contribution in [-0.4, -0.2) is 25.6 Å². The van der Waals surface area contributed by atoms with Gasteiger partial charge in [0.2, 0.25) is 0 Å². The number of esters is 1. The van der Waals surface area contributed by atoms with Gasteiger partial charge in [-0.25, -0.2) is 4.79 Å². The van der Waals surface area contributed by atoms with E-state index in [0.29, 0.717) is 11.3 Å². The molecule has 3 aromatic carbocycles. The van der Waals surface area contributed by atoms with E-state index in [1.807, 2.05) is 55.5 Å². The summed E-state index contributed by atoms with van der Waals surface area (Å²) >= 11 is 0. The van der Waals surface area contributed by atoms with Crippen LogP contribution in [-0.2, 0) is 14.3 Å². The Kier molecular flexibility index (Phi) is 7.02. The highest BCUT2D eigenvalue weighted by Crippen LogP contribution is 2.24. The summed E-state index contributed by atoms with van der Waals surface area (Å²) < 4.78 is 10.1. The number of nitrogens with one attached hydrogen (secondary N) is 1. The fourth-order valence-corrected chi connectivity index (χ4v) is 3.20. The molecule has 0 saturated heterocycles. The van der Waals surface area contributed by atoms with Gasteiger partial charge < -0.3 is 14.8 Å². The molecule has 0 saturated carbocycles.